The highest BCUT2D eigenvalue weighted by Crippen LogP contribution is 2.12. The van der Waals surface area contributed by atoms with Crippen molar-refractivity contribution in [3.8, 4) is 0 Å². The van der Waals surface area contributed by atoms with Crippen molar-refractivity contribution in [3.63, 3.8) is 0 Å². The van der Waals surface area contributed by atoms with Crippen LogP contribution in [0.3, 0.4) is 0 Å². The van der Waals surface area contributed by atoms with Crippen molar-refractivity contribution in [3.05, 3.63) is 17.4 Å². The van der Waals surface area contributed by atoms with E-state index in [9.17, 15) is 0 Å². The molecule has 0 atom stereocenters. The first kappa shape index (κ1) is 8.32. The topological polar surface area (TPSA) is 79.4 Å². The molecule has 0 bridgehead atoms. The standard InChI is InChI=1S/C5H6BClN2O2/c7-5-3(6(10)11)1-9-2-4(5)8/h1-2,10-11H,8H2. The molecule has 0 saturated carbocycles. The van der Waals surface area contributed by atoms with E-state index in [0.717, 1.165) is 0 Å². The first-order valence-corrected chi connectivity index (χ1v) is 3.25. The average molecular weight is 172 g/mol. The highest BCUT2D eigenvalue weighted by molar-refractivity contribution is 6.63. The quantitative estimate of drug-likeness (QED) is 0.475. The normalized spacial score (nSPS) is 9.73. The third kappa shape index (κ3) is 1.62. The molecular formula is C5H6BClN2O2. The summed E-state index contributed by atoms with van der Waals surface area (Å²) in [4.78, 5) is 3.64. The minimum Gasteiger partial charge on any atom is -0.423 e. The first-order chi connectivity index (χ1) is 5.13. The second-order valence-electron chi connectivity index (χ2n) is 2.01. The zero-order chi connectivity index (χ0) is 8.43. The average Bonchev–Trinajstić information content (AvgIpc) is 1.94. The molecule has 0 aliphatic rings. The predicted molar refractivity (Wildman–Crippen MR) is 43.5 cm³/mol. The molecule has 0 radical (unpaired) electrons. The maximum absolute atomic E-state index is 8.70. The smallest absolute Gasteiger partial charge is 0.423 e. The van der Waals surface area contributed by atoms with Gasteiger partial charge in [0, 0.05) is 11.7 Å². The van der Waals surface area contributed by atoms with Gasteiger partial charge >= 0.3 is 7.12 Å². The SMILES string of the molecule is Nc1cncc(B(O)O)c1Cl. The lowest BCUT2D eigenvalue weighted by molar-refractivity contribution is 0.425. The van der Waals surface area contributed by atoms with Crippen molar-refractivity contribution in [2.24, 2.45) is 0 Å². The summed E-state index contributed by atoms with van der Waals surface area (Å²) in [7, 11) is -1.63. The van der Waals surface area contributed by atoms with E-state index in [1.807, 2.05) is 0 Å². The maximum Gasteiger partial charge on any atom is 0.491 e. The Kier molecular flexibility index (Phi) is 2.33. The van der Waals surface area contributed by atoms with Crippen LogP contribution in [0.15, 0.2) is 12.4 Å². The zero-order valence-corrected chi connectivity index (χ0v) is 6.28. The highest BCUT2D eigenvalue weighted by atomic mass is 35.5. The molecule has 1 rings (SSSR count). The summed E-state index contributed by atoms with van der Waals surface area (Å²) in [5.74, 6) is 0. The summed E-state index contributed by atoms with van der Waals surface area (Å²) in [6, 6.07) is 0. The molecule has 0 fully saturated rings. The van der Waals surface area contributed by atoms with Gasteiger partial charge in [-0.1, -0.05) is 11.6 Å². The number of hydrogen-bond acceptors (Lipinski definition) is 4. The van der Waals surface area contributed by atoms with Crippen molar-refractivity contribution in [2.75, 3.05) is 5.73 Å². The van der Waals surface area contributed by atoms with Crippen LogP contribution in [0.25, 0.3) is 0 Å². The Bertz CT molecular complexity index is 269. The van der Waals surface area contributed by atoms with E-state index in [4.69, 9.17) is 27.4 Å². The lowest BCUT2D eigenvalue weighted by Crippen LogP contribution is -2.31. The van der Waals surface area contributed by atoms with E-state index in [1.165, 1.54) is 12.4 Å². The van der Waals surface area contributed by atoms with Crippen molar-refractivity contribution in [1.29, 1.82) is 0 Å². The number of hydrogen-bond donors (Lipinski definition) is 3. The van der Waals surface area contributed by atoms with Crippen molar-refractivity contribution in [1.82, 2.24) is 4.98 Å². The van der Waals surface area contributed by atoms with Crippen LogP contribution < -0.4 is 11.2 Å². The minimum atomic E-state index is -1.63. The van der Waals surface area contributed by atoms with E-state index in [-0.39, 0.29) is 16.2 Å². The van der Waals surface area contributed by atoms with Gasteiger partial charge in [-0.3, -0.25) is 4.98 Å². The third-order valence-corrected chi connectivity index (χ3v) is 1.65. The Morgan fingerprint density at radius 1 is 1.45 bits per heavy atom. The minimum absolute atomic E-state index is 0.117. The van der Waals surface area contributed by atoms with Gasteiger partial charge < -0.3 is 15.8 Å². The van der Waals surface area contributed by atoms with Gasteiger partial charge in [0.25, 0.3) is 0 Å². The number of rotatable bonds is 1. The lowest BCUT2D eigenvalue weighted by Gasteiger charge is -2.02. The number of pyridine rings is 1. The van der Waals surface area contributed by atoms with Crippen LogP contribution in [0, 0.1) is 0 Å². The molecule has 0 amide bonds. The number of anilines is 1. The first-order valence-electron chi connectivity index (χ1n) is 2.88. The molecule has 11 heavy (non-hydrogen) atoms. The monoisotopic (exact) mass is 172 g/mol. The Balaban J connectivity index is 3.17. The molecule has 1 aromatic heterocycles. The Hall–Kier alpha value is -0.775. The number of aromatic nitrogens is 1. The fourth-order valence-corrected chi connectivity index (χ4v) is 0.853. The van der Waals surface area contributed by atoms with Gasteiger partial charge in [0.2, 0.25) is 0 Å². The molecule has 0 aromatic carbocycles. The van der Waals surface area contributed by atoms with Crippen molar-refractivity contribution < 1.29 is 10.0 Å². The molecule has 4 N–H and O–H groups in total. The maximum atomic E-state index is 8.70. The van der Waals surface area contributed by atoms with Crippen LogP contribution in [0.4, 0.5) is 5.69 Å². The van der Waals surface area contributed by atoms with E-state index in [2.05, 4.69) is 4.98 Å². The van der Waals surface area contributed by atoms with Crippen LogP contribution in [0.2, 0.25) is 5.02 Å². The van der Waals surface area contributed by atoms with Gasteiger partial charge in [0.05, 0.1) is 16.9 Å². The summed E-state index contributed by atoms with van der Waals surface area (Å²) in [5, 5.41) is 17.5. The predicted octanol–water partition coefficient (Wildman–Crippen LogP) is -1.00. The number of halogens is 1. The van der Waals surface area contributed by atoms with E-state index >= 15 is 0 Å². The summed E-state index contributed by atoms with van der Waals surface area (Å²) in [6.45, 7) is 0. The molecule has 0 saturated heterocycles. The summed E-state index contributed by atoms with van der Waals surface area (Å²) < 4.78 is 0. The summed E-state index contributed by atoms with van der Waals surface area (Å²) >= 11 is 5.60. The van der Waals surface area contributed by atoms with Gasteiger partial charge in [-0.05, 0) is 0 Å². The molecule has 58 valence electrons. The van der Waals surface area contributed by atoms with Crippen LogP contribution in [0.1, 0.15) is 0 Å². The summed E-state index contributed by atoms with van der Waals surface area (Å²) in [6.07, 6.45) is 2.59. The van der Waals surface area contributed by atoms with Gasteiger partial charge in [0.1, 0.15) is 0 Å². The van der Waals surface area contributed by atoms with E-state index < -0.39 is 7.12 Å². The summed E-state index contributed by atoms with van der Waals surface area (Å²) in [5.41, 5.74) is 5.69. The van der Waals surface area contributed by atoms with Crippen molar-refractivity contribution in [2.45, 2.75) is 0 Å². The molecular weight excluding hydrogens is 166 g/mol. The largest absolute Gasteiger partial charge is 0.491 e. The van der Waals surface area contributed by atoms with Gasteiger partial charge in [-0.25, -0.2) is 0 Å². The molecule has 4 nitrogen and oxygen atoms in total. The van der Waals surface area contributed by atoms with Crippen LogP contribution in [-0.4, -0.2) is 22.2 Å². The molecule has 1 heterocycles. The Morgan fingerprint density at radius 3 is 2.55 bits per heavy atom. The zero-order valence-electron chi connectivity index (χ0n) is 5.53. The van der Waals surface area contributed by atoms with Crippen LogP contribution >= 0.6 is 11.6 Å². The molecule has 0 spiro atoms. The fourth-order valence-electron chi connectivity index (χ4n) is 0.658. The number of nitrogen functional groups attached to an aromatic ring is 1. The molecule has 0 aliphatic carbocycles. The number of nitrogens with zero attached hydrogens (tertiary/aromatic N) is 1. The molecule has 0 aliphatic heterocycles. The van der Waals surface area contributed by atoms with E-state index in [1.54, 1.807) is 0 Å². The second-order valence-corrected chi connectivity index (χ2v) is 2.38. The van der Waals surface area contributed by atoms with Crippen LogP contribution in [0.5, 0.6) is 0 Å². The third-order valence-electron chi connectivity index (χ3n) is 1.21. The van der Waals surface area contributed by atoms with Crippen LogP contribution in [-0.2, 0) is 0 Å². The van der Waals surface area contributed by atoms with Gasteiger partial charge in [-0.2, -0.15) is 0 Å². The second kappa shape index (κ2) is 3.08. The van der Waals surface area contributed by atoms with Gasteiger partial charge in [0.15, 0.2) is 0 Å². The highest BCUT2D eigenvalue weighted by Gasteiger charge is 2.16. The van der Waals surface area contributed by atoms with Gasteiger partial charge in [-0.15, -0.1) is 0 Å². The fraction of sp³-hybridized carbons (Fsp3) is 0. The molecule has 1 aromatic rings. The van der Waals surface area contributed by atoms with E-state index in [0.29, 0.717) is 0 Å². The Labute approximate surface area is 68.8 Å². The van der Waals surface area contributed by atoms with Crippen molar-refractivity contribution >= 4 is 29.9 Å². The number of nitrogens with two attached hydrogens (primary N) is 1. The lowest BCUT2D eigenvalue weighted by atomic mass is 9.81. The molecule has 0 unspecified atom stereocenters. The molecule has 6 heteroatoms. The Morgan fingerprint density at radius 2 is 2.09 bits per heavy atom.